The van der Waals surface area contributed by atoms with Gasteiger partial charge in [-0.2, -0.15) is 0 Å². The first-order valence-electron chi connectivity index (χ1n) is 5.83. The Labute approximate surface area is 106 Å². The van der Waals surface area contributed by atoms with E-state index in [-0.39, 0.29) is 13.2 Å². The number of amides is 1. The molecule has 0 aliphatic rings. The van der Waals surface area contributed by atoms with E-state index < -0.39 is 18.1 Å². The lowest BCUT2D eigenvalue weighted by molar-refractivity contribution is -0.145. The predicted octanol–water partition coefficient (Wildman–Crippen LogP) is 2.04. The van der Waals surface area contributed by atoms with Gasteiger partial charge in [-0.15, -0.1) is 0 Å². The summed E-state index contributed by atoms with van der Waals surface area (Å²) >= 11 is 0. The first-order valence-corrected chi connectivity index (χ1v) is 5.83. The number of nitrogens with one attached hydrogen (secondary N) is 1. The second kappa shape index (κ2) is 7.32. The normalized spacial score (nSPS) is 11.4. The molecule has 1 aromatic carbocycles. The summed E-state index contributed by atoms with van der Waals surface area (Å²) in [6, 6.07) is 8.05. The van der Waals surface area contributed by atoms with E-state index in [0.717, 1.165) is 0 Å². The Bertz CT molecular complexity index is 391. The van der Waals surface area contributed by atoms with Gasteiger partial charge in [-0.05, 0) is 19.4 Å². The van der Waals surface area contributed by atoms with E-state index in [2.05, 4.69) is 5.32 Å². The molecule has 1 atom stereocenters. The second-order valence-corrected chi connectivity index (χ2v) is 3.46. The summed E-state index contributed by atoms with van der Waals surface area (Å²) in [5.41, 5.74) is 0.656. The number of carbonyl (C=O) groups excluding carboxylic acids is 2. The summed E-state index contributed by atoms with van der Waals surface area (Å²) in [6.45, 7) is 3.91. The van der Waals surface area contributed by atoms with Crippen molar-refractivity contribution >= 4 is 12.1 Å². The molecular formula is C13H17NO4. The summed E-state index contributed by atoms with van der Waals surface area (Å²) in [5.74, 6) is -0.503. The molecule has 0 fully saturated rings. The molecule has 1 N–H and O–H groups in total. The maximum Gasteiger partial charge on any atom is 0.408 e. The van der Waals surface area contributed by atoms with Crippen LogP contribution in [0.1, 0.15) is 25.5 Å². The number of hydrogen-bond donors (Lipinski definition) is 1. The van der Waals surface area contributed by atoms with Gasteiger partial charge in [-0.1, -0.05) is 30.3 Å². The molecule has 0 radical (unpaired) electrons. The lowest BCUT2D eigenvalue weighted by Crippen LogP contribution is -2.35. The molecule has 5 heteroatoms. The zero-order chi connectivity index (χ0) is 13.4. The summed E-state index contributed by atoms with van der Waals surface area (Å²) in [7, 11) is 0. The van der Waals surface area contributed by atoms with Crippen molar-refractivity contribution in [2.24, 2.45) is 0 Å². The summed E-state index contributed by atoms with van der Waals surface area (Å²) in [6.07, 6.45) is -0.639. The van der Waals surface area contributed by atoms with Crippen LogP contribution in [0.15, 0.2) is 30.3 Å². The van der Waals surface area contributed by atoms with Crippen molar-refractivity contribution in [2.45, 2.75) is 19.9 Å². The number of benzene rings is 1. The van der Waals surface area contributed by atoms with E-state index in [1.54, 1.807) is 38.1 Å². The second-order valence-electron chi connectivity index (χ2n) is 3.46. The lowest BCUT2D eigenvalue weighted by Gasteiger charge is -2.17. The highest BCUT2D eigenvalue weighted by atomic mass is 16.6. The molecule has 0 spiro atoms. The number of carbonyl (C=O) groups is 2. The largest absolute Gasteiger partial charge is 0.464 e. The molecule has 0 aliphatic carbocycles. The molecule has 0 heterocycles. The van der Waals surface area contributed by atoms with Gasteiger partial charge >= 0.3 is 12.1 Å². The Kier molecular flexibility index (Phi) is 5.70. The van der Waals surface area contributed by atoms with Crippen LogP contribution in [0.2, 0.25) is 0 Å². The third kappa shape index (κ3) is 4.08. The highest BCUT2D eigenvalue weighted by Gasteiger charge is 2.24. The third-order valence-corrected chi connectivity index (χ3v) is 2.19. The van der Waals surface area contributed by atoms with Crippen LogP contribution in [-0.2, 0) is 14.3 Å². The Morgan fingerprint density at radius 1 is 1.11 bits per heavy atom. The fourth-order valence-electron chi connectivity index (χ4n) is 1.44. The van der Waals surface area contributed by atoms with Crippen molar-refractivity contribution in [3.8, 4) is 0 Å². The van der Waals surface area contributed by atoms with Crippen LogP contribution in [0.3, 0.4) is 0 Å². The van der Waals surface area contributed by atoms with Crippen molar-refractivity contribution in [3.05, 3.63) is 35.9 Å². The number of rotatable bonds is 5. The van der Waals surface area contributed by atoms with Gasteiger partial charge < -0.3 is 14.8 Å². The Balaban J connectivity index is 2.82. The van der Waals surface area contributed by atoms with Crippen LogP contribution in [0.4, 0.5) is 4.79 Å². The first kappa shape index (κ1) is 14.0. The minimum absolute atomic E-state index is 0.246. The molecule has 1 unspecified atom stereocenters. The zero-order valence-corrected chi connectivity index (χ0v) is 10.5. The van der Waals surface area contributed by atoms with E-state index in [4.69, 9.17) is 9.47 Å². The van der Waals surface area contributed by atoms with E-state index in [1.165, 1.54) is 0 Å². The predicted molar refractivity (Wildman–Crippen MR) is 66.0 cm³/mol. The maximum atomic E-state index is 11.8. The quantitative estimate of drug-likeness (QED) is 0.813. The van der Waals surface area contributed by atoms with Gasteiger partial charge in [0.25, 0.3) is 0 Å². The van der Waals surface area contributed by atoms with E-state index >= 15 is 0 Å². The molecule has 1 aromatic rings. The SMILES string of the molecule is CCOC(=O)NC(C(=O)OCC)c1ccccc1. The van der Waals surface area contributed by atoms with Crippen molar-refractivity contribution in [2.75, 3.05) is 13.2 Å². The van der Waals surface area contributed by atoms with Gasteiger partial charge in [-0.3, -0.25) is 0 Å². The molecular weight excluding hydrogens is 234 g/mol. The van der Waals surface area contributed by atoms with Crippen molar-refractivity contribution in [1.29, 1.82) is 0 Å². The molecule has 0 saturated carbocycles. The van der Waals surface area contributed by atoms with E-state index in [9.17, 15) is 9.59 Å². The molecule has 98 valence electrons. The Morgan fingerprint density at radius 2 is 1.72 bits per heavy atom. The topological polar surface area (TPSA) is 64.6 Å². The summed E-state index contributed by atoms with van der Waals surface area (Å²) in [4.78, 5) is 23.2. The van der Waals surface area contributed by atoms with Gasteiger partial charge in [0, 0.05) is 0 Å². The average Bonchev–Trinajstić information content (AvgIpc) is 2.37. The first-order chi connectivity index (χ1) is 8.69. The molecule has 0 aromatic heterocycles. The van der Waals surface area contributed by atoms with Crippen LogP contribution >= 0.6 is 0 Å². The van der Waals surface area contributed by atoms with Gasteiger partial charge in [0.2, 0.25) is 0 Å². The Hall–Kier alpha value is -2.04. The van der Waals surface area contributed by atoms with Gasteiger partial charge in [-0.25, -0.2) is 9.59 Å². The molecule has 0 aliphatic heterocycles. The highest BCUT2D eigenvalue weighted by Crippen LogP contribution is 2.14. The van der Waals surface area contributed by atoms with Gasteiger partial charge in [0.15, 0.2) is 6.04 Å². The summed E-state index contributed by atoms with van der Waals surface area (Å²) < 4.78 is 9.69. The number of esters is 1. The van der Waals surface area contributed by atoms with Crippen molar-refractivity contribution in [3.63, 3.8) is 0 Å². The fraction of sp³-hybridized carbons (Fsp3) is 0.385. The molecule has 5 nitrogen and oxygen atoms in total. The Morgan fingerprint density at radius 3 is 2.28 bits per heavy atom. The van der Waals surface area contributed by atoms with Crippen LogP contribution in [0.5, 0.6) is 0 Å². The van der Waals surface area contributed by atoms with Crippen molar-refractivity contribution < 1.29 is 19.1 Å². The minimum Gasteiger partial charge on any atom is -0.464 e. The van der Waals surface area contributed by atoms with Crippen LogP contribution in [0.25, 0.3) is 0 Å². The smallest absolute Gasteiger partial charge is 0.408 e. The van der Waals surface area contributed by atoms with E-state index in [0.29, 0.717) is 5.56 Å². The molecule has 0 saturated heterocycles. The van der Waals surface area contributed by atoms with E-state index in [1.807, 2.05) is 6.07 Å². The van der Waals surface area contributed by atoms with Crippen LogP contribution < -0.4 is 5.32 Å². The monoisotopic (exact) mass is 251 g/mol. The zero-order valence-electron chi connectivity index (χ0n) is 10.5. The minimum atomic E-state index is -0.842. The number of hydrogen-bond acceptors (Lipinski definition) is 4. The lowest BCUT2D eigenvalue weighted by atomic mass is 10.1. The molecule has 1 rings (SSSR count). The van der Waals surface area contributed by atoms with Crippen LogP contribution in [-0.4, -0.2) is 25.3 Å². The van der Waals surface area contributed by atoms with Crippen molar-refractivity contribution in [1.82, 2.24) is 5.32 Å². The van der Waals surface area contributed by atoms with Gasteiger partial charge in [0.05, 0.1) is 13.2 Å². The fourth-order valence-corrected chi connectivity index (χ4v) is 1.44. The maximum absolute atomic E-state index is 11.8. The molecule has 0 bridgehead atoms. The molecule has 1 amide bonds. The standard InChI is InChI=1S/C13H17NO4/c1-3-17-12(15)11(14-13(16)18-4-2)10-8-6-5-7-9-10/h5-9,11H,3-4H2,1-2H3,(H,14,16). The highest BCUT2D eigenvalue weighted by molar-refractivity contribution is 5.82. The summed E-state index contributed by atoms with van der Waals surface area (Å²) in [5, 5.41) is 2.48. The number of alkyl carbamates (subject to hydrolysis) is 1. The van der Waals surface area contributed by atoms with Gasteiger partial charge in [0.1, 0.15) is 0 Å². The third-order valence-electron chi connectivity index (χ3n) is 2.19. The number of ether oxygens (including phenoxy) is 2. The average molecular weight is 251 g/mol. The molecule has 18 heavy (non-hydrogen) atoms. The van der Waals surface area contributed by atoms with Crippen LogP contribution in [0, 0.1) is 0 Å².